The number of thioether (sulfide) groups is 1. The Kier molecular flexibility index (Phi) is 5.48. The van der Waals surface area contributed by atoms with Crippen molar-refractivity contribution in [1.82, 2.24) is 4.90 Å². The summed E-state index contributed by atoms with van der Waals surface area (Å²) in [6.45, 7) is 0.711. The number of hydrogen-bond donors (Lipinski definition) is 0. The fourth-order valence-corrected chi connectivity index (χ4v) is 3.35. The van der Waals surface area contributed by atoms with Crippen LogP contribution in [0.25, 0.3) is 0 Å². The number of carbonyl (C=O) groups excluding carboxylic acids is 1. The molecule has 1 aromatic heterocycles. The van der Waals surface area contributed by atoms with Crippen molar-refractivity contribution in [3.63, 3.8) is 0 Å². The van der Waals surface area contributed by atoms with E-state index in [4.69, 9.17) is 0 Å². The molecule has 0 saturated carbocycles. The van der Waals surface area contributed by atoms with E-state index in [0.717, 1.165) is 5.75 Å². The molecule has 0 fully saturated rings. The molecule has 0 atom stereocenters. The molecule has 0 aliphatic heterocycles. The highest BCUT2D eigenvalue weighted by molar-refractivity contribution is 7.99. The van der Waals surface area contributed by atoms with Crippen molar-refractivity contribution in [2.24, 2.45) is 0 Å². The molecule has 0 aliphatic rings. The van der Waals surface area contributed by atoms with E-state index in [1.54, 1.807) is 28.0 Å². The summed E-state index contributed by atoms with van der Waals surface area (Å²) in [6.07, 6.45) is 0. The summed E-state index contributed by atoms with van der Waals surface area (Å²) in [5.41, 5.74) is 1.27. The number of nitrogens with zero attached hydrogens (tertiary/aromatic N) is 1. The summed E-state index contributed by atoms with van der Waals surface area (Å²) in [7, 11) is 1.87. The van der Waals surface area contributed by atoms with Gasteiger partial charge < -0.3 is 4.90 Å². The molecular weight excluding hydrogens is 274 g/mol. The summed E-state index contributed by atoms with van der Waals surface area (Å²) in [5, 5.41) is 2.04. The van der Waals surface area contributed by atoms with E-state index in [1.807, 2.05) is 36.7 Å². The summed E-state index contributed by atoms with van der Waals surface area (Å²) in [5.74, 6) is 1.62. The third-order valence-corrected chi connectivity index (χ3v) is 4.59. The van der Waals surface area contributed by atoms with Crippen LogP contribution < -0.4 is 0 Å². The van der Waals surface area contributed by atoms with Crippen molar-refractivity contribution < 1.29 is 4.79 Å². The Labute approximate surface area is 122 Å². The minimum Gasteiger partial charge on any atom is -0.340 e. The lowest BCUT2D eigenvalue weighted by Crippen LogP contribution is -2.27. The third-order valence-electron chi connectivity index (χ3n) is 2.74. The first-order chi connectivity index (χ1) is 9.25. The van der Waals surface area contributed by atoms with Crippen molar-refractivity contribution in [1.29, 1.82) is 0 Å². The van der Waals surface area contributed by atoms with Gasteiger partial charge >= 0.3 is 0 Å². The quantitative estimate of drug-likeness (QED) is 0.810. The molecule has 4 heteroatoms. The monoisotopic (exact) mass is 291 g/mol. The van der Waals surface area contributed by atoms with Gasteiger partial charge in [0.15, 0.2) is 0 Å². The maximum Gasteiger partial charge on any atom is 0.232 e. The molecule has 2 aromatic rings. The van der Waals surface area contributed by atoms with Gasteiger partial charge in [0.05, 0.1) is 12.3 Å². The molecule has 0 bridgehead atoms. The van der Waals surface area contributed by atoms with Crippen LogP contribution in [-0.2, 0) is 17.1 Å². The first kappa shape index (κ1) is 14.2. The van der Waals surface area contributed by atoms with E-state index < -0.39 is 0 Å². The van der Waals surface area contributed by atoms with Gasteiger partial charge in [-0.15, -0.1) is 23.1 Å². The molecule has 100 valence electrons. The van der Waals surface area contributed by atoms with Gasteiger partial charge in [-0.25, -0.2) is 0 Å². The highest BCUT2D eigenvalue weighted by Gasteiger charge is 2.09. The lowest BCUT2D eigenvalue weighted by Gasteiger charge is -2.15. The minimum absolute atomic E-state index is 0.189. The van der Waals surface area contributed by atoms with Gasteiger partial charge in [0.25, 0.3) is 0 Å². The predicted molar refractivity (Wildman–Crippen MR) is 83.4 cm³/mol. The van der Waals surface area contributed by atoms with Gasteiger partial charge in [-0.3, -0.25) is 4.79 Å². The first-order valence-electron chi connectivity index (χ1n) is 6.14. The first-order valence-corrected chi connectivity index (χ1v) is 8.17. The molecule has 2 rings (SSSR count). The number of hydrogen-bond acceptors (Lipinski definition) is 3. The molecule has 0 saturated heterocycles. The molecule has 2 nitrogen and oxygen atoms in total. The maximum absolute atomic E-state index is 12.0. The predicted octanol–water partition coefficient (Wildman–Crippen LogP) is 3.64. The highest BCUT2D eigenvalue weighted by Crippen LogP contribution is 2.14. The second-order valence-electron chi connectivity index (χ2n) is 4.31. The van der Waals surface area contributed by atoms with Crippen LogP contribution in [0.1, 0.15) is 10.4 Å². The Morgan fingerprint density at radius 2 is 2.00 bits per heavy atom. The Balaban J connectivity index is 1.72. The van der Waals surface area contributed by atoms with Crippen molar-refractivity contribution >= 4 is 29.0 Å². The van der Waals surface area contributed by atoms with E-state index >= 15 is 0 Å². The van der Waals surface area contributed by atoms with Gasteiger partial charge in [0.1, 0.15) is 0 Å². The standard InChI is InChI=1S/C15H17NOS2/c1-16(10-14-8-5-9-19-14)15(17)12-18-11-13-6-3-2-4-7-13/h2-9H,10-12H2,1H3. The summed E-state index contributed by atoms with van der Waals surface area (Å²) >= 11 is 3.36. The van der Waals surface area contributed by atoms with Gasteiger partial charge in [0, 0.05) is 17.7 Å². The summed E-state index contributed by atoms with van der Waals surface area (Å²) in [6, 6.07) is 14.3. The van der Waals surface area contributed by atoms with Gasteiger partial charge in [-0.05, 0) is 17.0 Å². The van der Waals surface area contributed by atoms with E-state index in [1.165, 1.54) is 10.4 Å². The fourth-order valence-electron chi connectivity index (χ4n) is 1.67. The van der Waals surface area contributed by atoms with Crippen LogP contribution in [0.4, 0.5) is 0 Å². The second kappa shape index (κ2) is 7.36. The molecule has 1 aromatic carbocycles. The Bertz CT molecular complexity index is 496. The van der Waals surface area contributed by atoms with Crippen molar-refractivity contribution in [3.05, 3.63) is 58.3 Å². The lowest BCUT2D eigenvalue weighted by atomic mass is 10.2. The van der Waals surface area contributed by atoms with E-state index in [2.05, 4.69) is 18.2 Å². The molecular formula is C15H17NOS2. The maximum atomic E-state index is 12.0. The number of amides is 1. The smallest absolute Gasteiger partial charge is 0.232 e. The number of thiophene rings is 1. The Hall–Kier alpha value is -1.26. The molecule has 1 heterocycles. The highest BCUT2D eigenvalue weighted by atomic mass is 32.2. The minimum atomic E-state index is 0.189. The van der Waals surface area contributed by atoms with Crippen LogP contribution in [-0.4, -0.2) is 23.6 Å². The fraction of sp³-hybridized carbons (Fsp3) is 0.267. The van der Waals surface area contributed by atoms with Gasteiger partial charge in [0.2, 0.25) is 5.91 Å². The van der Waals surface area contributed by atoms with E-state index in [0.29, 0.717) is 12.3 Å². The lowest BCUT2D eigenvalue weighted by molar-refractivity contribution is -0.127. The van der Waals surface area contributed by atoms with E-state index in [-0.39, 0.29) is 5.91 Å². The Morgan fingerprint density at radius 1 is 1.21 bits per heavy atom. The second-order valence-corrected chi connectivity index (χ2v) is 6.33. The zero-order valence-electron chi connectivity index (χ0n) is 10.9. The molecule has 0 radical (unpaired) electrons. The van der Waals surface area contributed by atoms with Crippen LogP contribution in [0.15, 0.2) is 47.8 Å². The molecule has 0 aliphatic carbocycles. The molecule has 19 heavy (non-hydrogen) atoms. The summed E-state index contributed by atoms with van der Waals surface area (Å²) in [4.78, 5) is 15.0. The van der Waals surface area contributed by atoms with Crippen LogP contribution in [0, 0.1) is 0 Å². The zero-order chi connectivity index (χ0) is 13.5. The average molecular weight is 291 g/mol. The van der Waals surface area contributed by atoms with Gasteiger partial charge in [-0.1, -0.05) is 36.4 Å². The van der Waals surface area contributed by atoms with Crippen LogP contribution in [0.5, 0.6) is 0 Å². The zero-order valence-corrected chi connectivity index (χ0v) is 12.5. The number of benzene rings is 1. The van der Waals surface area contributed by atoms with Crippen LogP contribution >= 0.6 is 23.1 Å². The van der Waals surface area contributed by atoms with Crippen LogP contribution in [0.3, 0.4) is 0 Å². The van der Waals surface area contributed by atoms with Crippen molar-refractivity contribution in [2.45, 2.75) is 12.3 Å². The molecule has 0 N–H and O–H groups in total. The normalized spacial score (nSPS) is 10.4. The molecule has 0 unspecified atom stereocenters. The number of carbonyl (C=O) groups is 1. The SMILES string of the molecule is CN(Cc1cccs1)C(=O)CSCc1ccccc1. The number of rotatable bonds is 6. The average Bonchev–Trinajstić information content (AvgIpc) is 2.92. The van der Waals surface area contributed by atoms with E-state index in [9.17, 15) is 4.79 Å². The largest absolute Gasteiger partial charge is 0.340 e. The molecule has 1 amide bonds. The third kappa shape index (κ3) is 4.73. The Morgan fingerprint density at radius 3 is 2.68 bits per heavy atom. The topological polar surface area (TPSA) is 20.3 Å². The summed E-state index contributed by atoms with van der Waals surface area (Å²) < 4.78 is 0. The van der Waals surface area contributed by atoms with Crippen LogP contribution in [0.2, 0.25) is 0 Å². The van der Waals surface area contributed by atoms with Gasteiger partial charge in [-0.2, -0.15) is 0 Å². The molecule has 0 spiro atoms. The van der Waals surface area contributed by atoms with Crippen molar-refractivity contribution in [3.8, 4) is 0 Å². The van der Waals surface area contributed by atoms with Crippen molar-refractivity contribution in [2.75, 3.05) is 12.8 Å².